The molecule has 0 amide bonds. The highest BCUT2D eigenvalue weighted by atomic mass is 32.1. The molecular formula is C27H33N3O4S. The van der Waals surface area contributed by atoms with Crippen molar-refractivity contribution in [3.8, 4) is 11.5 Å². The van der Waals surface area contributed by atoms with Gasteiger partial charge in [0.05, 0.1) is 32.4 Å². The summed E-state index contributed by atoms with van der Waals surface area (Å²) in [5.74, 6) is 1.41. The Kier molecular flexibility index (Phi) is 8.25. The number of methoxy groups -OCH3 is 2. The second-order valence-corrected chi connectivity index (χ2v) is 9.24. The van der Waals surface area contributed by atoms with Crippen molar-refractivity contribution in [1.29, 1.82) is 0 Å². The third-order valence-corrected chi connectivity index (χ3v) is 6.80. The second kappa shape index (κ2) is 11.6. The SMILES string of the molecule is COc1ccc(CCNC(=S)N(Cc2cc3cccc(C)c3[nH]c2=O)CC2CCCO2)cc1OC. The van der Waals surface area contributed by atoms with Crippen LogP contribution in [0.3, 0.4) is 0 Å². The Bertz CT molecular complexity index is 1240. The van der Waals surface area contributed by atoms with E-state index >= 15 is 0 Å². The van der Waals surface area contributed by atoms with E-state index in [4.69, 9.17) is 26.4 Å². The highest BCUT2D eigenvalue weighted by Gasteiger charge is 2.22. The fourth-order valence-corrected chi connectivity index (χ4v) is 4.71. The van der Waals surface area contributed by atoms with Gasteiger partial charge >= 0.3 is 0 Å². The summed E-state index contributed by atoms with van der Waals surface area (Å²) in [5.41, 5.74) is 3.64. The average molecular weight is 496 g/mol. The molecule has 1 atom stereocenters. The van der Waals surface area contributed by atoms with E-state index in [9.17, 15) is 4.79 Å². The van der Waals surface area contributed by atoms with Gasteiger partial charge in [0.2, 0.25) is 0 Å². The van der Waals surface area contributed by atoms with Crippen LogP contribution in [0.4, 0.5) is 0 Å². The van der Waals surface area contributed by atoms with E-state index in [0.29, 0.717) is 41.8 Å². The largest absolute Gasteiger partial charge is 0.493 e. The summed E-state index contributed by atoms with van der Waals surface area (Å²) in [4.78, 5) is 18.0. The van der Waals surface area contributed by atoms with Crippen molar-refractivity contribution in [2.24, 2.45) is 0 Å². The zero-order chi connectivity index (χ0) is 24.8. The molecule has 186 valence electrons. The van der Waals surface area contributed by atoms with Crippen LogP contribution in [0.1, 0.15) is 29.5 Å². The van der Waals surface area contributed by atoms with Gasteiger partial charge in [-0.05, 0) is 73.1 Å². The Morgan fingerprint density at radius 2 is 2.03 bits per heavy atom. The monoisotopic (exact) mass is 495 g/mol. The third kappa shape index (κ3) is 6.13. The number of rotatable bonds is 9. The molecule has 1 aliphatic rings. The summed E-state index contributed by atoms with van der Waals surface area (Å²) in [5, 5.41) is 5.01. The molecule has 1 unspecified atom stereocenters. The number of hydrogen-bond acceptors (Lipinski definition) is 5. The van der Waals surface area contributed by atoms with Gasteiger partial charge in [0.15, 0.2) is 16.6 Å². The van der Waals surface area contributed by atoms with Gasteiger partial charge in [-0.25, -0.2) is 0 Å². The van der Waals surface area contributed by atoms with Crippen LogP contribution in [-0.4, -0.2) is 55.0 Å². The molecule has 3 aromatic rings. The molecule has 1 aromatic heterocycles. The van der Waals surface area contributed by atoms with Crippen LogP contribution >= 0.6 is 12.2 Å². The molecule has 2 aromatic carbocycles. The predicted octanol–water partition coefficient (Wildman–Crippen LogP) is 3.95. The number of nitrogens with zero attached hydrogens (tertiary/aromatic N) is 1. The lowest BCUT2D eigenvalue weighted by Crippen LogP contribution is -2.44. The Balaban J connectivity index is 1.46. The number of pyridine rings is 1. The van der Waals surface area contributed by atoms with Crippen LogP contribution in [0.2, 0.25) is 0 Å². The van der Waals surface area contributed by atoms with E-state index in [0.717, 1.165) is 47.9 Å². The van der Waals surface area contributed by atoms with Crippen LogP contribution in [0.15, 0.2) is 47.3 Å². The number of aryl methyl sites for hydroxylation is 1. The van der Waals surface area contributed by atoms with E-state index in [-0.39, 0.29) is 11.7 Å². The number of thiocarbonyl (C=S) groups is 1. The van der Waals surface area contributed by atoms with Gasteiger partial charge in [-0.3, -0.25) is 4.79 Å². The third-order valence-electron chi connectivity index (χ3n) is 6.40. The fourth-order valence-electron chi connectivity index (χ4n) is 4.47. The zero-order valence-electron chi connectivity index (χ0n) is 20.6. The molecule has 7 nitrogen and oxygen atoms in total. The molecular weight excluding hydrogens is 462 g/mol. The summed E-state index contributed by atoms with van der Waals surface area (Å²) in [6, 6.07) is 13.9. The predicted molar refractivity (Wildman–Crippen MR) is 143 cm³/mol. The van der Waals surface area contributed by atoms with Crippen LogP contribution in [-0.2, 0) is 17.7 Å². The van der Waals surface area contributed by atoms with Crippen molar-refractivity contribution >= 4 is 28.2 Å². The van der Waals surface area contributed by atoms with Crippen molar-refractivity contribution in [3.05, 3.63) is 69.5 Å². The number of ether oxygens (including phenoxy) is 3. The van der Waals surface area contributed by atoms with Crippen LogP contribution in [0, 0.1) is 6.92 Å². The number of aromatic nitrogens is 1. The van der Waals surface area contributed by atoms with Crippen molar-refractivity contribution < 1.29 is 14.2 Å². The molecule has 1 aliphatic heterocycles. The lowest BCUT2D eigenvalue weighted by atomic mass is 10.1. The highest BCUT2D eigenvalue weighted by molar-refractivity contribution is 7.80. The average Bonchev–Trinajstić information content (AvgIpc) is 3.37. The number of hydrogen-bond donors (Lipinski definition) is 2. The Morgan fingerprint density at radius 3 is 2.77 bits per heavy atom. The molecule has 0 bridgehead atoms. The minimum Gasteiger partial charge on any atom is -0.493 e. The van der Waals surface area contributed by atoms with Gasteiger partial charge in [-0.1, -0.05) is 24.3 Å². The summed E-state index contributed by atoms with van der Waals surface area (Å²) >= 11 is 5.78. The van der Waals surface area contributed by atoms with Gasteiger partial charge in [-0.15, -0.1) is 0 Å². The standard InChI is InChI=1S/C27H33N3O4S/c1-18-6-4-7-20-15-21(26(31)29-25(18)20)16-30(17-22-8-5-13-34-22)27(35)28-12-11-19-9-10-23(32-2)24(14-19)33-3/h4,6-7,9-10,14-15,22H,5,8,11-13,16-17H2,1-3H3,(H,28,35)(H,29,31). The van der Waals surface area contributed by atoms with Gasteiger partial charge in [0.25, 0.3) is 5.56 Å². The minimum absolute atomic E-state index is 0.0859. The van der Waals surface area contributed by atoms with E-state index in [1.807, 2.05) is 54.3 Å². The summed E-state index contributed by atoms with van der Waals surface area (Å²) in [7, 11) is 3.26. The molecule has 1 saturated heterocycles. The molecule has 35 heavy (non-hydrogen) atoms. The maximum atomic E-state index is 12.9. The number of H-pyrrole nitrogens is 1. The van der Waals surface area contributed by atoms with Crippen molar-refractivity contribution in [2.45, 2.75) is 38.8 Å². The number of nitrogens with one attached hydrogen (secondary N) is 2. The first-order valence-corrected chi connectivity index (χ1v) is 12.4. The molecule has 0 spiro atoms. The summed E-state index contributed by atoms with van der Waals surface area (Å²) in [6.07, 6.45) is 2.93. The van der Waals surface area contributed by atoms with Gasteiger partial charge in [-0.2, -0.15) is 0 Å². The molecule has 0 radical (unpaired) electrons. The summed E-state index contributed by atoms with van der Waals surface area (Å²) < 4.78 is 16.6. The first-order valence-electron chi connectivity index (χ1n) is 11.9. The molecule has 0 aliphatic carbocycles. The second-order valence-electron chi connectivity index (χ2n) is 8.85. The number of para-hydroxylation sites is 1. The highest BCUT2D eigenvalue weighted by Crippen LogP contribution is 2.27. The van der Waals surface area contributed by atoms with Crippen LogP contribution in [0.5, 0.6) is 11.5 Å². The topological polar surface area (TPSA) is 75.8 Å². The Morgan fingerprint density at radius 1 is 1.20 bits per heavy atom. The number of fused-ring (bicyclic) bond motifs is 1. The van der Waals surface area contributed by atoms with Gasteiger partial charge in [0.1, 0.15) is 0 Å². The Labute approximate surface area is 211 Å². The van der Waals surface area contributed by atoms with Crippen molar-refractivity contribution in [3.63, 3.8) is 0 Å². The first-order chi connectivity index (χ1) is 17.0. The van der Waals surface area contributed by atoms with Crippen LogP contribution in [0.25, 0.3) is 10.9 Å². The minimum atomic E-state index is -0.0859. The number of aromatic amines is 1. The maximum absolute atomic E-state index is 12.9. The van der Waals surface area contributed by atoms with Gasteiger partial charge in [0, 0.05) is 25.3 Å². The molecule has 0 saturated carbocycles. The maximum Gasteiger partial charge on any atom is 0.253 e. The fraction of sp³-hybridized carbons (Fsp3) is 0.407. The van der Waals surface area contributed by atoms with Crippen molar-refractivity contribution in [2.75, 3.05) is 33.9 Å². The summed E-state index contributed by atoms with van der Waals surface area (Å²) in [6.45, 7) is 4.49. The first kappa shape index (κ1) is 25.0. The normalized spacial score (nSPS) is 15.2. The van der Waals surface area contributed by atoms with E-state index in [1.54, 1.807) is 14.2 Å². The molecule has 4 rings (SSSR count). The van der Waals surface area contributed by atoms with Crippen molar-refractivity contribution in [1.82, 2.24) is 15.2 Å². The molecule has 2 heterocycles. The lowest BCUT2D eigenvalue weighted by Gasteiger charge is -2.28. The lowest BCUT2D eigenvalue weighted by molar-refractivity contribution is 0.0897. The van der Waals surface area contributed by atoms with Gasteiger partial charge < -0.3 is 29.4 Å². The molecule has 2 N–H and O–H groups in total. The zero-order valence-corrected chi connectivity index (χ0v) is 21.4. The Hall–Kier alpha value is -3.10. The van der Waals surface area contributed by atoms with Crippen LogP contribution < -0.4 is 20.3 Å². The number of benzene rings is 2. The van der Waals surface area contributed by atoms with E-state index in [2.05, 4.69) is 10.3 Å². The van der Waals surface area contributed by atoms with E-state index < -0.39 is 0 Å². The molecule has 1 fully saturated rings. The molecule has 8 heteroatoms. The smallest absolute Gasteiger partial charge is 0.253 e. The van der Waals surface area contributed by atoms with E-state index in [1.165, 1.54) is 0 Å². The quantitative estimate of drug-likeness (QED) is 0.435.